The van der Waals surface area contributed by atoms with Crippen LogP contribution < -0.4 is 5.32 Å². The van der Waals surface area contributed by atoms with Crippen molar-refractivity contribution >= 4 is 11.9 Å². The van der Waals surface area contributed by atoms with Gasteiger partial charge in [-0.1, -0.05) is 30.3 Å². The van der Waals surface area contributed by atoms with Crippen LogP contribution in [-0.4, -0.2) is 28.5 Å². The summed E-state index contributed by atoms with van der Waals surface area (Å²) in [6, 6.07) is 12.6. The lowest BCUT2D eigenvalue weighted by molar-refractivity contribution is 0.0690. The zero-order valence-electron chi connectivity index (χ0n) is 10.7. The van der Waals surface area contributed by atoms with E-state index in [0.717, 1.165) is 5.56 Å². The van der Waals surface area contributed by atoms with Crippen molar-refractivity contribution in [1.29, 1.82) is 0 Å². The molecule has 5 heteroatoms. The molecule has 0 saturated carbocycles. The summed E-state index contributed by atoms with van der Waals surface area (Å²) in [5.74, 6) is -1.63. The molecule has 0 aliphatic carbocycles. The third-order valence-corrected chi connectivity index (χ3v) is 2.80. The summed E-state index contributed by atoms with van der Waals surface area (Å²) in [7, 11) is 0. The summed E-state index contributed by atoms with van der Waals surface area (Å²) in [5.41, 5.74) is 0.949. The summed E-state index contributed by atoms with van der Waals surface area (Å²) in [6.45, 7) is 0.429. The first-order valence-electron chi connectivity index (χ1n) is 6.19. The van der Waals surface area contributed by atoms with Crippen LogP contribution in [0.3, 0.4) is 0 Å². The van der Waals surface area contributed by atoms with Crippen molar-refractivity contribution < 1.29 is 14.7 Å². The monoisotopic (exact) mass is 270 g/mol. The molecule has 0 aliphatic heterocycles. The summed E-state index contributed by atoms with van der Waals surface area (Å²) in [5, 5.41) is 11.7. The summed E-state index contributed by atoms with van der Waals surface area (Å²) in [6.07, 6.45) is 2.08. The molecule has 0 aliphatic rings. The van der Waals surface area contributed by atoms with Gasteiger partial charge in [0.15, 0.2) is 0 Å². The Balaban J connectivity index is 1.97. The Morgan fingerprint density at radius 3 is 2.55 bits per heavy atom. The van der Waals surface area contributed by atoms with Gasteiger partial charge in [-0.25, -0.2) is 4.79 Å². The number of benzene rings is 1. The summed E-state index contributed by atoms with van der Waals surface area (Å²) in [4.78, 5) is 26.8. The van der Waals surface area contributed by atoms with Crippen molar-refractivity contribution in [2.45, 2.75) is 6.42 Å². The Labute approximate surface area is 116 Å². The Kier molecular flexibility index (Phi) is 4.44. The second-order valence-corrected chi connectivity index (χ2v) is 4.20. The fourth-order valence-corrected chi connectivity index (χ4v) is 1.81. The van der Waals surface area contributed by atoms with Gasteiger partial charge in [0.25, 0.3) is 5.91 Å². The number of pyridine rings is 1. The molecule has 1 aromatic carbocycles. The predicted molar refractivity (Wildman–Crippen MR) is 73.7 cm³/mol. The van der Waals surface area contributed by atoms with Crippen molar-refractivity contribution in [2.75, 3.05) is 6.54 Å². The quantitative estimate of drug-likeness (QED) is 0.867. The number of hydrogen-bond donors (Lipinski definition) is 2. The molecule has 0 bridgehead atoms. The molecular weight excluding hydrogens is 256 g/mol. The largest absolute Gasteiger partial charge is 0.478 e. The zero-order chi connectivity index (χ0) is 14.4. The van der Waals surface area contributed by atoms with Gasteiger partial charge in [-0.05, 0) is 24.1 Å². The normalized spacial score (nSPS) is 10.0. The molecule has 0 spiro atoms. The number of carbonyl (C=O) groups excluding carboxylic acids is 1. The van der Waals surface area contributed by atoms with Crippen LogP contribution in [0.4, 0.5) is 0 Å². The van der Waals surface area contributed by atoms with Gasteiger partial charge in [0.2, 0.25) is 0 Å². The fourth-order valence-electron chi connectivity index (χ4n) is 1.81. The second kappa shape index (κ2) is 6.47. The molecule has 0 radical (unpaired) electrons. The standard InChI is InChI=1S/C15H14N2O3/c18-14(13-12(15(19)20)7-4-9-16-13)17-10-8-11-5-2-1-3-6-11/h1-7,9H,8,10H2,(H,17,18)(H,19,20). The van der Waals surface area contributed by atoms with Crippen LogP contribution in [-0.2, 0) is 6.42 Å². The molecule has 0 unspecified atom stereocenters. The molecular formula is C15H14N2O3. The number of carboxylic acids is 1. The number of aromatic nitrogens is 1. The lowest BCUT2D eigenvalue weighted by Gasteiger charge is -2.06. The van der Waals surface area contributed by atoms with Crippen molar-refractivity contribution in [2.24, 2.45) is 0 Å². The maximum atomic E-state index is 11.9. The van der Waals surface area contributed by atoms with Crippen LogP contribution in [0.1, 0.15) is 26.4 Å². The van der Waals surface area contributed by atoms with E-state index in [-0.39, 0.29) is 11.3 Å². The van der Waals surface area contributed by atoms with Gasteiger partial charge in [0.05, 0.1) is 5.56 Å². The topological polar surface area (TPSA) is 79.3 Å². The molecule has 0 fully saturated rings. The minimum atomic E-state index is -1.16. The van der Waals surface area contributed by atoms with Crippen molar-refractivity contribution in [3.05, 3.63) is 65.5 Å². The first kappa shape index (κ1) is 13.7. The van der Waals surface area contributed by atoms with E-state index in [4.69, 9.17) is 5.11 Å². The lowest BCUT2D eigenvalue weighted by Crippen LogP contribution is -2.28. The first-order chi connectivity index (χ1) is 9.68. The third kappa shape index (κ3) is 3.41. The van der Waals surface area contributed by atoms with E-state index < -0.39 is 11.9 Å². The fraction of sp³-hybridized carbons (Fsp3) is 0.133. The predicted octanol–water partition coefficient (Wildman–Crippen LogP) is 1.75. The van der Waals surface area contributed by atoms with Crippen LogP contribution in [0, 0.1) is 0 Å². The third-order valence-electron chi connectivity index (χ3n) is 2.80. The first-order valence-corrected chi connectivity index (χ1v) is 6.19. The maximum Gasteiger partial charge on any atom is 0.338 e. The molecule has 2 aromatic rings. The average Bonchev–Trinajstić information content (AvgIpc) is 2.48. The van der Waals surface area contributed by atoms with E-state index in [1.54, 1.807) is 0 Å². The van der Waals surface area contributed by atoms with Crippen LogP contribution in [0.2, 0.25) is 0 Å². The molecule has 1 amide bonds. The molecule has 1 aromatic heterocycles. The van der Waals surface area contributed by atoms with E-state index in [1.165, 1.54) is 18.3 Å². The SMILES string of the molecule is O=C(O)c1cccnc1C(=O)NCCc1ccccc1. The van der Waals surface area contributed by atoms with Gasteiger partial charge in [-0.3, -0.25) is 9.78 Å². The Morgan fingerprint density at radius 2 is 1.85 bits per heavy atom. The number of rotatable bonds is 5. The molecule has 20 heavy (non-hydrogen) atoms. The highest BCUT2D eigenvalue weighted by Gasteiger charge is 2.16. The van der Waals surface area contributed by atoms with Crippen LogP contribution in [0.15, 0.2) is 48.7 Å². The van der Waals surface area contributed by atoms with E-state index in [2.05, 4.69) is 10.3 Å². The Hall–Kier alpha value is -2.69. The molecule has 1 heterocycles. The summed E-state index contributed by atoms with van der Waals surface area (Å²) >= 11 is 0. The number of nitrogens with one attached hydrogen (secondary N) is 1. The molecule has 102 valence electrons. The number of nitrogens with zero attached hydrogens (tertiary/aromatic N) is 1. The Morgan fingerprint density at radius 1 is 1.10 bits per heavy atom. The van der Waals surface area contributed by atoms with Gasteiger partial charge >= 0.3 is 5.97 Å². The number of hydrogen-bond acceptors (Lipinski definition) is 3. The minimum absolute atomic E-state index is 0.0620. The second-order valence-electron chi connectivity index (χ2n) is 4.20. The summed E-state index contributed by atoms with van der Waals surface area (Å²) < 4.78 is 0. The Bertz CT molecular complexity index is 612. The average molecular weight is 270 g/mol. The van der Waals surface area contributed by atoms with Crippen molar-refractivity contribution in [1.82, 2.24) is 10.3 Å². The highest BCUT2D eigenvalue weighted by molar-refractivity contribution is 6.03. The molecule has 2 rings (SSSR count). The van der Waals surface area contributed by atoms with Gasteiger partial charge in [0.1, 0.15) is 5.69 Å². The number of aromatic carboxylic acids is 1. The van der Waals surface area contributed by atoms with E-state index in [0.29, 0.717) is 13.0 Å². The number of carbonyl (C=O) groups is 2. The molecule has 0 saturated heterocycles. The lowest BCUT2D eigenvalue weighted by atomic mass is 10.1. The number of carboxylic acid groups (broad SMARTS) is 1. The van der Waals surface area contributed by atoms with Crippen molar-refractivity contribution in [3.8, 4) is 0 Å². The molecule has 2 N–H and O–H groups in total. The van der Waals surface area contributed by atoms with Crippen molar-refractivity contribution in [3.63, 3.8) is 0 Å². The van der Waals surface area contributed by atoms with Crippen LogP contribution >= 0.6 is 0 Å². The van der Waals surface area contributed by atoms with Gasteiger partial charge in [-0.2, -0.15) is 0 Å². The van der Waals surface area contributed by atoms with Gasteiger partial charge < -0.3 is 10.4 Å². The zero-order valence-corrected chi connectivity index (χ0v) is 10.7. The highest BCUT2D eigenvalue weighted by Crippen LogP contribution is 2.05. The minimum Gasteiger partial charge on any atom is -0.478 e. The van der Waals surface area contributed by atoms with Gasteiger partial charge in [0, 0.05) is 12.7 Å². The van der Waals surface area contributed by atoms with E-state index >= 15 is 0 Å². The van der Waals surface area contributed by atoms with Crippen LogP contribution in [0.5, 0.6) is 0 Å². The number of amides is 1. The van der Waals surface area contributed by atoms with Gasteiger partial charge in [-0.15, -0.1) is 0 Å². The van der Waals surface area contributed by atoms with E-state index in [1.807, 2.05) is 30.3 Å². The molecule has 0 atom stereocenters. The van der Waals surface area contributed by atoms with Crippen LogP contribution in [0.25, 0.3) is 0 Å². The van der Waals surface area contributed by atoms with E-state index in [9.17, 15) is 9.59 Å². The molecule has 5 nitrogen and oxygen atoms in total. The smallest absolute Gasteiger partial charge is 0.338 e. The highest BCUT2D eigenvalue weighted by atomic mass is 16.4. The maximum absolute atomic E-state index is 11.9.